The average Bonchev–Trinajstić information content (AvgIpc) is 3.02. The van der Waals surface area contributed by atoms with Gasteiger partial charge in [0.05, 0.1) is 13.2 Å². The summed E-state index contributed by atoms with van der Waals surface area (Å²) in [6.07, 6.45) is 30.1. The summed E-state index contributed by atoms with van der Waals surface area (Å²) in [5.74, 6) is 0.00778. The first-order chi connectivity index (χ1) is 21.6. The molecule has 0 fully saturated rings. The number of urea groups is 1. The fourth-order valence-electron chi connectivity index (χ4n) is 5.32. The largest absolute Gasteiger partial charge is 0.380 e. The van der Waals surface area contributed by atoms with Gasteiger partial charge in [-0.3, -0.25) is 14.5 Å². The van der Waals surface area contributed by atoms with Crippen LogP contribution in [0.1, 0.15) is 162 Å². The third-order valence-corrected chi connectivity index (χ3v) is 8.13. The summed E-state index contributed by atoms with van der Waals surface area (Å²) in [6, 6.07) is 6.37. The van der Waals surface area contributed by atoms with Gasteiger partial charge >= 0.3 is 12.4 Å². The first kappa shape index (κ1) is 39.6. The molecule has 1 rings (SSSR count). The highest BCUT2D eigenvalue weighted by Gasteiger charge is 2.14. The average molecular weight is 615 g/mol. The van der Waals surface area contributed by atoms with Crippen molar-refractivity contribution in [3.8, 4) is 0 Å². The molecule has 0 saturated heterocycles. The van der Waals surface area contributed by atoms with E-state index in [1.54, 1.807) is 30.7 Å². The van der Waals surface area contributed by atoms with Crippen molar-refractivity contribution in [1.82, 2.24) is 4.90 Å². The van der Waals surface area contributed by atoms with Crippen LogP contribution in [0.4, 0.5) is 16.2 Å². The van der Waals surface area contributed by atoms with E-state index in [4.69, 9.17) is 4.74 Å². The second-order valence-corrected chi connectivity index (χ2v) is 12.2. The highest BCUT2D eigenvalue weighted by atomic mass is 16.5. The second kappa shape index (κ2) is 29.3. The van der Waals surface area contributed by atoms with Crippen molar-refractivity contribution in [3.63, 3.8) is 0 Å². The maximum atomic E-state index is 12.5. The molecule has 0 aliphatic heterocycles. The minimum Gasteiger partial charge on any atom is -0.380 e. The Morgan fingerprint density at radius 3 is 1.45 bits per heavy atom. The van der Waals surface area contributed by atoms with Crippen LogP contribution in [0.2, 0.25) is 0 Å². The van der Waals surface area contributed by atoms with Crippen LogP contribution in [-0.4, -0.2) is 43.0 Å². The predicted molar refractivity (Wildman–Crippen MR) is 185 cm³/mol. The number of rotatable bonds is 30. The first-order valence-electron chi connectivity index (χ1n) is 18.0. The van der Waals surface area contributed by atoms with Gasteiger partial charge in [-0.25, -0.2) is 4.79 Å². The fourth-order valence-corrected chi connectivity index (χ4v) is 5.32. The Kier molecular flexibility index (Phi) is 26.4. The normalized spacial score (nSPS) is 11.0. The van der Waals surface area contributed by atoms with Crippen LogP contribution < -0.4 is 10.6 Å². The highest BCUT2D eigenvalue weighted by molar-refractivity contribution is 5.96. The summed E-state index contributed by atoms with van der Waals surface area (Å²) in [7, 11) is 0. The topological polar surface area (TPSA) is 87.7 Å². The third-order valence-electron chi connectivity index (χ3n) is 8.13. The van der Waals surface area contributed by atoms with Crippen LogP contribution in [0, 0.1) is 0 Å². The van der Waals surface area contributed by atoms with E-state index < -0.39 is 6.03 Å². The molecule has 44 heavy (non-hydrogen) atoms. The van der Waals surface area contributed by atoms with Gasteiger partial charge in [-0.15, -0.1) is 0 Å². The lowest BCUT2D eigenvalue weighted by atomic mass is 10.0. The van der Waals surface area contributed by atoms with Gasteiger partial charge in [0.25, 0.3) is 0 Å². The Balaban J connectivity index is 2.09. The van der Waals surface area contributed by atoms with Crippen molar-refractivity contribution in [2.45, 2.75) is 162 Å². The Bertz CT molecular complexity index is 831. The molecule has 0 aliphatic rings. The lowest BCUT2D eigenvalue weighted by Gasteiger charge is -2.16. The molecule has 251 valence electrons. The number of carbonyl (C=O) groups excluding carboxylic acids is 3. The number of imide groups is 1. The molecule has 1 radical (unpaired) electrons. The van der Waals surface area contributed by atoms with E-state index in [1.807, 2.05) is 0 Å². The number of carbonyl (C=O) groups is 2. The molecule has 7 heteroatoms. The molecule has 1 aromatic carbocycles. The van der Waals surface area contributed by atoms with Crippen molar-refractivity contribution in [2.24, 2.45) is 0 Å². The molecule has 0 bridgehead atoms. The number of anilines is 2. The van der Waals surface area contributed by atoms with Crippen molar-refractivity contribution >= 4 is 29.7 Å². The summed E-state index contributed by atoms with van der Waals surface area (Å²) >= 11 is 0. The minimum absolute atomic E-state index is 0.00778. The second-order valence-electron chi connectivity index (χ2n) is 12.2. The number of nitrogens with one attached hydrogen (secondary N) is 2. The molecule has 0 spiro atoms. The van der Waals surface area contributed by atoms with Gasteiger partial charge in [-0.2, -0.15) is 0 Å². The van der Waals surface area contributed by atoms with Crippen LogP contribution in [0.25, 0.3) is 0 Å². The number of nitrogens with zero attached hydrogens (tertiary/aromatic N) is 1. The summed E-state index contributed by atoms with van der Waals surface area (Å²) in [4.78, 5) is 37.1. The molecule has 0 atom stereocenters. The summed E-state index contributed by atoms with van der Waals surface area (Å²) in [5.41, 5.74) is 1.23. The first-order valence-corrected chi connectivity index (χ1v) is 18.0. The standard InChI is InChI=1S/C37H64N3O4/c1-3-5-7-9-11-13-15-16-17-19-21-23-25-36(42)38-34-26-28-35(29-27-34)39-37(43)40(33-41)30-32-44-31-24-22-20-18-14-12-10-8-6-4-2/h26-29H,3-25,30-32H2,1-2H3,(H,38,42)(H,39,43). The molecule has 0 unspecified atom stereocenters. The van der Waals surface area contributed by atoms with E-state index >= 15 is 0 Å². The summed E-state index contributed by atoms with van der Waals surface area (Å²) < 4.78 is 5.63. The fraction of sp³-hybridized carbons (Fsp3) is 0.757. The van der Waals surface area contributed by atoms with E-state index in [0.717, 1.165) is 30.6 Å². The molecular weight excluding hydrogens is 550 g/mol. The van der Waals surface area contributed by atoms with Gasteiger partial charge in [0.1, 0.15) is 0 Å². The van der Waals surface area contributed by atoms with Gasteiger partial charge in [0.2, 0.25) is 5.91 Å². The van der Waals surface area contributed by atoms with Crippen molar-refractivity contribution < 1.29 is 19.1 Å². The van der Waals surface area contributed by atoms with Gasteiger partial charge in [-0.05, 0) is 37.1 Å². The van der Waals surface area contributed by atoms with Crippen molar-refractivity contribution in [1.29, 1.82) is 0 Å². The zero-order chi connectivity index (χ0) is 31.9. The molecule has 0 saturated carbocycles. The molecule has 2 N–H and O–H groups in total. The number of amides is 4. The van der Waals surface area contributed by atoms with Gasteiger partial charge in [0, 0.05) is 24.4 Å². The van der Waals surface area contributed by atoms with Crippen LogP contribution in [0.3, 0.4) is 0 Å². The molecule has 1 aromatic rings. The van der Waals surface area contributed by atoms with Crippen LogP contribution in [0.5, 0.6) is 0 Å². The molecule has 0 heterocycles. The van der Waals surface area contributed by atoms with Gasteiger partial charge in [-0.1, -0.05) is 142 Å². The number of ether oxygens (including phenoxy) is 1. The zero-order valence-electron chi connectivity index (χ0n) is 28.3. The Morgan fingerprint density at radius 2 is 1.00 bits per heavy atom. The number of hydrogen-bond acceptors (Lipinski definition) is 4. The van der Waals surface area contributed by atoms with Gasteiger partial charge < -0.3 is 15.4 Å². The maximum Gasteiger partial charge on any atom is 0.329 e. The SMILES string of the molecule is CCCCCCCCCCCCCCC(=O)Nc1ccc(NC(=O)N([C]=O)CCOCCCCCCCCCCCC)cc1. The van der Waals surface area contributed by atoms with E-state index in [-0.39, 0.29) is 12.5 Å². The Labute approximate surface area is 269 Å². The summed E-state index contributed by atoms with van der Waals surface area (Å²) in [6.45, 7) is 5.59. The van der Waals surface area contributed by atoms with Crippen LogP contribution in [-0.2, 0) is 14.3 Å². The summed E-state index contributed by atoms with van der Waals surface area (Å²) in [5, 5.41) is 5.63. The van der Waals surface area contributed by atoms with E-state index in [2.05, 4.69) is 24.5 Å². The molecule has 0 aromatic heterocycles. The molecular formula is C37H64N3O4. The van der Waals surface area contributed by atoms with Gasteiger partial charge in [0.15, 0.2) is 0 Å². The molecule has 4 amide bonds. The van der Waals surface area contributed by atoms with E-state index in [1.165, 1.54) is 116 Å². The van der Waals surface area contributed by atoms with Crippen LogP contribution in [0.15, 0.2) is 24.3 Å². The number of hydrogen-bond donors (Lipinski definition) is 2. The minimum atomic E-state index is -0.550. The monoisotopic (exact) mass is 614 g/mol. The van der Waals surface area contributed by atoms with E-state index in [0.29, 0.717) is 31.0 Å². The highest BCUT2D eigenvalue weighted by Crippen LogP contribution is 2.16. The lowest BCUT2D eigenvalue weighted by molar-refractivity contribution is -0.116. The van der Waals surface area contributed by atoms with E-state index in [9.17, 15) is 14.4 Å². The number of benzene rings is 1. The van der Waals surface area contributed by atoms with Crippen molar-refractivity contribution in [3.05, 3.63) is 24.3 Å². The zero-order valence-corrected chi connectivity index (χ0v) is 28.3. The maximum absolute atomic E-state index is 12.5. The Morgan fingerprint density at radius 1 is 0.591 bits per heavy atom. The number of unbranched alkanes of at least 4 members (excludes halogenated alkanes) is 20. The quantitative estimate of drug-likeness (QED) is 0.0666. The van der Waals surface area contributed by atoms with Crippen LogP contribution >= 0.6 is 0 Å². The third kappa shape index (κ3) is 23.0. The predicted octanol–water partition coefficient (Wildman–Crippen LogP) is 10.6. The smallest absolute Gasteiger partial charge is 0.329 e. The lowest BCUT2D eigenvalue weighted by Crippen LogP contribution is -2.36. The molecule has 7 nitrogen and oxygen atoms in total. The Hall–Kier alpha value is -2.41. The van der Waals surface area contributed by atoms with Crippen molar-refractivity contribution in [2.75, 3.05) is 30.4 Å². The molecule has 0 aliphatic carbocycles.